The van der Waals surface area contributed by atoms with Gasteiger partial charge >= 0.3 is 16.5 Å². The van der Waals surface area contributed by atoms with Crippen LogP contribution in [0.5, 0.6) is 0 Å². The first-order valence-corrected chi connectivity index (χ1v) is 11.3. The van der Waals surface area contributed by atoms with Crippen molar-refractivity contribution in [3.05, 3.63) is 42.0 Å². The number of hydrogen-bond acceptors (Lipinski definition) is 12. The fourth-order valence-corrected chi connectivity index (χ4v) is 4.16. The van der Waals surface area contributed by atoms with E-state index in [1.807, 2.05) is 0 Å². The molecular formula is C18H18F3N7O7S. The van der Waals surface area contributed by atoms with Gasteiger partial charge in [-0.1, -0.05) is 0 Å². The molecule has 3 heterocycles. The summed E-state index contributed by atoms with van der Waals surface area (Å²) in [5.41, 5.74) is 9.26. The Kier molecular flexibility index (Phi) is 6.47. The maximum absolute atomic E-state index is 12.8. The van der Waals surface area contributed by atoms with E-state index < -0.39 is 70.3 Å². The Morgan fingerprint density at radius 1 is 1.19 bits per heavy atom. The minimum atomic E-state index is -4.83. The van der Waals surface area contributed by atoms with Crippen molar-refractivity contribution in [1.29, 1.82) is 0 Å². The topological polar surface area (TPSA) is 218 Å². The molecule has 1 aliphatic rings. The third-order valence-electron chi connectivity index (χ3n) is 5.23. The fourth-order valence-electron chi connectivity index (χ4n) is 3.45. The highest BCUT2D eigenvalue weighted by atomic mass is 32.2. The minimum Gasteiger partial charge on any atom is -0.398 e. The standard InChI is InChI=1S/C18H18F3N7O7S/c19-18(20,21)7-1-2-8(9(22)3-7)16(31)27-36(32,33)34-4-10-12(29)13(30)17(35-10)28-6-26-11-14(23)24-5-25-15(11)28/h1-3,5-6,10,12-13,17,29-30H,4,22H2,(H,27,31)(H2,23,24,25)/t10-,12-,13-,17-/m1/s1. The highest BCUT2D eigenvalue weighted by Crippen LogP contribution is 2.33. The molecule has 1 aromatic carbocycles. The van der Waals surface area contributed by atoms with Crippen LogP contribution in [0.2, 0.25) is 0 Å². The number of carbonyl (C=O) groups excluding carboxylic acids is 1. The summed E-state index contributed by atoms with van der Waals surface area (Å²) < 4.78 is 75.6. The van der Waals surface area contributed by atoms with Gasteiger partial charge in [-0.3, -0.25) is 13.5 Å². The average Bonchev–Trinajstić information content (AvgIpc) is 3.33. The van der Waals surface area contributed by atoms with Crippen molar-refractivity contribution < 1.29 is 45.5 Å². The van der Waals surface area contributed by atoms with Crippen LogP contribution >= 0.6 is 0 Å². The largest absolute Gasteiger partial charge is 0.416 e. The van der Waals surface area contributed by atoms with Crippen LogP contribution in [0.25, 0.3) is 11.2 Å². The number of nitrogens with two attached hydrogens (primary N) is 2. The van der Waals surface area contributed by atoms with Crippen molar-refractivity contribution in [3.63, 3.8) is 0 Å². The maximum atomic E-state index is 12.8. The van der Waals surface area contributed by atoms with Crippen LogP contribution in [-0.4, -0.2) is 69.0 Å². The highest BCUT2D eigenvalue weighted by molar-refractivity contribution is 7.85. The molecule has 0 saturated carbocycles. The lowest BCUT2D eigenvalue weighted by Crippen LogP contribution is -2.38. The number of imidazole rings is 1. The number of anilines is 2. The van der Waals surface area contributed by atoms with Gasteiger partial charge < -0.3 is 26.4 Å². The maximum Gasteiger partial charge on any atom is 0.416 e. The van der Waals surface area contributed by atoms with Crippen LogP contribution in [0.15, 0.2) is 30.9 Å². The summed E-state index contributed by atoms with van der Waals surface area (Å²) in [5.74, 6) is -1.30. The summed E-state index contributed by atoms with van der Waals surface area (Å²) in [6.45, 7) is -0.844. The molecule has 0 unspecified atom stereocenters. The number of alkyl halides is 3. The van der Waals surface area contributed by atoms with Crippen LogP contribution in [0.3, 0.4) is 0 Å². The van der Waals surface area contributed by atoms with E-state index in [0.717, 1.165) is 6.33 Å². The summed E-state index contributed by atoms with van der Waals surface area (Å²) in [6, 6.07) is 1.74. The second-order valence-corrected chi connectivity index (χ2v) is 8.95. The number of aliphatic hydroxyl groups is 2. The SMILES string of the molecule is Nc1cc(C(F)(F)F)ccc1C(=O)NS(=O)(=O)OC[C@H]1O[C@@H](n2cnc3c(N)ncnc32)[C@H](O)[C@@H]1O. The molecule has 0 bridgehead atoms. The minimum absolute atomic E-state index is 0.0576. The van der Waals surface area contributed by atoms with Gasteiger partial charge in [0.05, 0.1) is 24.1 Å². The Labute approximate surface area is 199 Å². The summed E-state index contributed by atoms with van der Waals surface area (Å²) in [5, 5.41) is 20.7. The number of aromatic nitrogens is 4. The number of aliphatic hydroxyl groups excluding tert-OH is 2. The van der Waals surface area contributed by atoms with E-state index in [0.29, 0.717) is 18.2 Å². The van der Waals surface area contributed by atoms with Gasteiger partial charge in [-0.15, -0.1) is 0 Å². The van der Waals surface area contributed by atoms with Crippen LogP contribution in [0, 0.1) is 0 Å². The van der Waals surface area contributed by atoms with E-state index in [9.17, 15) is 36.6 Å². The Morgan fingerprint density at radius 3 is 2.58 bits per heavy atom. The number of benzene rings is 1. The number of fused-ring (bicyclic) bond motifs is 1. The number of halogens is 3. The summed E-state index contributed by atoms with van der Waals surface area (Å²) in [6.07, 6.45) is -8.16. The lowest BCUT2D eigenvalue weighted by Gasteiger charge is -2.16. The van der Waals surface area contributed by atoms with Crippen molar-refractivity contribution in [3.8, 4) is 0 Å². The van der Waals surface area contributed by atoms with Gasteiger partial charge in [0.15, 0.2) is 17.7 Å². The number of hydrogen-bond donors (Lipinski definition) is 5. The molecule has 0 radical (unpaired) electrons. The Morgan fingerprint density at radius 2 is 1.92 bits per heavy atom. The van der Waals surface area contributed by atoms with E-state index in [4.69, 9.17) is 16.2 Å². The lowest BCUT2D eigenvalue weighted by atomic mass is 10.1. The summed E-state index contributed by atoms with van der Waals surface area (Å²) in [7, 11) is -4.83. The van der Waals surface area contributed by atoms with Crippen LogP contribution in [-0.2, 0) is 25.4 Å². The Balaban J connectivity index is 1.42. The van der Waals surface area contributed by atoms with Gasteiger partial charge in [0.1, 0.15) is 30.2 Å². The van der Waals surface area contributed by atoms with Crippen molar-refractivity contribution in [2.45, 2.75) is 30.7 Å². The molecule has 4 atom stereocenters. The lowest BCUT2D eigenvalue weighted by molar-refractivity contribution is -0.137. The highest BCUT2D eigenvalue weighted by Gasteiger charge is 2.45. The first-order valence-electron chi connectivity index (χ1n) is 9.91. The van der Waals surface area contributed by atoms with Crippen molar-refractivity contribution >= 4 is 38.9 Å². The molecular weight excluding hydrogens is 515 g/mol. The molecule has 36 heavy (non-hydrogen) atoms. The normalized spacial score (nSPS) is 22.7. The van der Waals surface area contributed by atoms with Gasteiger partial charge in [-0.05, 0) is 18.2 Å². The third kappa shape index (κ3) is 4.88. The molecule has 7 N–H and O–H groups in total. The summed E-state index contributed by atoms with van der Waals surface area (Å²) in [4.78, 5) is 24.0. The predicted octanol–water partition coefficient (Wildman–Crippen LogP) is -0.680. The molecule has 2 aromatic heterocycles. The van der Waals surface area contributed by atoms with Crippen LogP contribution in [0.4, 0.5) is 24.7 Å². The number of rotatable bonds is 6. The molecule has 0 spiro atoms. The number of ether oxygens (including phenoxy) is 1. The number of carbonyl (C=O) groups is 1. The zero-order valence-electron chi connectivity index (χ0n) is 17.8. The molecule has 0 aliphatic carbocycles. The quantitative estimate of drug-likeness (QED) is 0.249. The molecule has 1 aliphatic heterocycles. The van der Waals surface area contributed by atoms with E-state index >= 15 is 0 Å². The molecule has 14 nitrogen and oxygen atoms in total. The molecule has 1 fully saturated rings. The summed E-state index contributed by atoms with van der Waals surface area (Å²) >= 11 is 0. The zero-order chi connectivity index (χ0) is 26.4. The third-order valence-corrected chi connectivity index (χ3v) is 6.11. The van der Waals surface area contributed by atoms with E-state index in [-0.39, 0.29) is 17.0 Å². The second-order valence-electron chi connectivity index (χ2n) is 7.60. The van der Waals surface area contributed by atoms with Crippen molar-refractivity contribution in [2.75, 3.05) is 18.1 Å². The van der Waals surface area contributed by atoms with Crippen molar-refractivity contribution in [2.24, 2.45) is 0 Å². The molecule has 4 rings (SSSR count). The Hall–Kier alpha value is -3.58. The molecule has 18 heteroatoms. The van der Waals surface area contributed by atoms with E-state index in [1.54, 1.807) is 0 Å². The molecule has 194 valence electrons. The first-order chi connectivity index (χ1) is 16.8. The van der Waals surface area contributed by atoms with E-state index in [1.165, 1.54) is 15.6 Å². The monoisotopic (exact) mass is 533 g/mol. The van der Waals surface area contributed by atoms with E-state index in [2.05, 4.69) is 19.1 Å². The van der Waals surface area contributed by atoms with Gasteiger partial charge in [0.25, 0.3) is 5.91 Å². The average molecular weight is 533 g/mol. The molecule has 3 aromatic rings. The van der Waals surface area contributed by atoms with Crippen LogP contribution in [0.1, 0.15) is 22.1 Å². The molecule has 1 saturated heterocycles. The fraction of sp³-hybridized carbons (Fsp3) is 0.333. The van der Waals surface area contributed by atoms with Gasteiger partial charge in [-0.2, -0.15) is 21.6 Å². The van der Waals surface area contributed by atoms with Gasteiger partial charge in [-0.25, -0.2) is 19.7 Å². The predicted molar refractivity (Wildman–Crippen MR) is 114 cm³/mol. The van der Waals surface area contributed by atoms with Crippen LogP contribution < -0.4 is 16.2 Å². The first kappa shape index (κ1) is 25.5. The van der Waals surface area contributed by atoms with Crippen molar-refractivity contribution in [1.82, 2.24) is 24.2 Å². The van der Waals surface area contributed by atoms with Gasteiger partial charge in [0, 0.05) is 5.69 Å². The number of nitrogens with zero attached hydrogens (tertiary/aromatic N) is 4. The van der Waals surface area contributed by atoms with Gasteiger partial charge in [0.2, 0.25) is 0 Å². The molecule has 1 amide bonds. The second kappa shape index (κ2) is 9.13. The smallest absolute Gasteiger partial charge is 0.398 e. The number of amides is 1. The number of nitrogens with one attached hydrogen (secondary N) is 1. The Bertz CT molecular complexity index is 1420. The number of nitrogen functional groups attached to an aromatic ring is 2. The zero-order valence-corrected chi connectivity index (χ0v) is 18.6.